The van der Waals surface area contributed by atoms with Gasteiger partial charge >= 0.3 is 0 Å². The fourth-order valence-corrected chi connectivity index (χ4v) is 2.11. The average Bonchev–Trinajstić information content (AvgIpc) is 2.64. The maximum Gasteiger partial charge on any atom is 0.155 e. The van der Waals surface area contributed by atoms with E-state index >= 15 is 0 Å². The number of halogens is 1. The minimum atomic E-state index is 0.749. The maximum absolute atomic E-state index is 5.79. The molecule has 1 N–H and O–H groups in total. The lowest BCUT2D eigenvalue weighted by molar-refractivity contribution is -0.0219. The third-order valence-electron chi connectivity index (χ3n) is 1.73. The molecule has 1 aromatic carbocycles. The lowest BCUT2D eigenvalue weighted by atomic mass is 10.4. The number of rotatable bonds is 3. The fraction of sp³-hybridized carbons (Fsp3) is 0.111. The molecule has 0 aliphatic carbocycles. The lowest BCUT2D eigenvalue weighted by Gasteiger charge is -2.07. The van der Waals surface area contributed by atoms with Crippen LogP contribution in [0.25, 0.3) is 0 Å². The molecule has 1 aromatic rings. The Morgan fingerprint density at radius 3 is 2.73 bits per heavy atom. The van der Waals surface area contributed by atoms with E-state index in [-0.39, 0.29) is 0 Å². The summed E-state index contributed by atoms with van der Waals surface area (Å²) in [6, 6.07) is 7.71. The molecule has 0 spiro atoms. The first-order chi connectivity index (χ1) is 7.24. The molecule has 80 valence electrons. The fourth-order valence-electron chi connectivity index (χ4n) is 1.04. The summed E-state index contributed by atoms with van der Waals surface area (Å²) in [4.78, 5) is 6.36. The van der Waals surface area contributed by atoms with Gasteiger partial charge in [0.05, 0.1) is 12.0 Å². The van der Waals surface area contributed by atoms with Crippen LogP contribution in [0, 0.1) is 0 Å². The van der Waals surface area contributed by atoms with Gasteiger partial charge in [0.2, 0.25) is 0 Å². The summed E-state index contributed by atoms with van der Waals surface area (Å²) in [5, 5.41) is 0.749. The van der Waals surface area contributed by atoms with Gasteiger partial charge in [-0.15, -0.1) is 11.8 Å². The van der Waals surface area contributed by atoms with Gasteiger partial charge < -0.3 is 4.84 Å². The quantitative estimate of drug-likeness (QED) is 0.645. The highest BCUT2D eigenvalue weighted by Crippen LogP contribution is 2.24. The number of hydrazine groups is 1. The van der Waals surface area contributed by atoms with E-state index in [2.05, 4.69) is 18.2 Å². The molecule has 6 heteroatoms. The Hall–Kier alpha value is -0.490. The van der Waals surface area contributed by atoms with Crippen molar-refractivity contribution in [1.29, 1.82) is 0 Å². The molecule has 0 bridgehead atoms. The largest absolute Gasteiger partial charge is 0.378 e. The zero-order chi connectivity index (χ0) is 10.7. The van der Waals surface area contributed by atoms with E-state index < -0.39 is 0 Å². The molecule has 15 heavy (non-hydrogen) atoms. The number of hydrogen-bond acceptors (Lipinski definition) is 5. The zero-order valence-electron chi connectivity index (χ0n) is 7.68. The molecule has 0 amide bonds. The summed E-state index contributed by atoms with van der Waals surface area (Å²) >= 11 is 11.4. The highest BCUT2D eigenvalue weighted by Gasteiger charge is 2.11. The standard InChI is InChI=1S/C9H9ClN2OS2/c10-7-1-3-9(4-2-7)15-6-8-5-11-12(14)13-8/h1-5,11,14H,6H2. The topological polar surface area (TPSA) is 24.5 Å². The molecule has 1 heterocycles. The molecule has 0 radical (unpaired) electrons. The molecule has 1 aliphatic rings. The molecule has 3 nitrogen and oxygen atoms in total. The highest BCUT2D eigenvalue weighted by molar-refractivity contribution is 7.99. The molecule has 0 saturated carbocycles. The number of nitrogens with zero attached hydrogens (tertiary/aromatic N) is 1. The summed E-state index contributed by atoms with van der Waals surface area (Å²) in [7, 11) is 0. The van der Waals surface area contributed by atoms with Gasteiger partial charge in [0.25, 0.3) is 0 Å². The maximum atomic E-state index is 5.79. The second-order valence-corrected chi connectivity index (χ2v) is 4.70. The molecule has 2 rings (SSSR count). The van der Waals surface area contributed by atoms with Crippen LogP contribution < -0.4 is 5.43 Å². The van der Waals surface area contributed by atoms with Crippen LogP contribution in [-0.4, -0.2) is 10.3 Å². The molecule has 0 atom stereocenters. The van der Waals surface area contributed by atoms with Crippen LogP contribution in [0.2, 0.25) is 5.02 Å². The Kier molecular flexibility index (Phi) is 3.69. The van der Waals surface area contributed by atoms with Crippen molar-refractivity contribution in [3.63, 3.8) is 0 Å². The normalized spacial score (nSPS) is 15.7. The number of benzene rings is 1. The van der Waals surface area contributed by atoms with Crippen LogP contribution in [0.3, 0.4) is 0 Å². The van der Waals surface area contributed by atoms with Gasteiger partial charge in [-0.2, -0.15) is 0 Å². The van der Waals surface area contributed by atoms with Crippen LogP contribution in [-0.2, 0) is 4.84 Å². The summed E-state index contributed by atoms with van der Waals surface area (Å²) in [6.45, 7) is 0. The van der Waals surface area contributed by atoms with Crippen LogP contribution in [0.15, 0.2) is 41.1 Å². The smallest absolute Gasteiger partial charge is 0.155 e. The van der Waals surface area contributed by atoms with Crippen LogP contribution >= 0.6 is 36.2 Å². The van der Waals surface area contributed by atoms with E-state index in [1.807, 2.05) is 24.3 Å². The number of thioether (sulfide) groups is 1. The Balaban J connectivity index is 1.86. The van der Waals surface area contributed by atoms with Crippen molar-refractivity contribution < 1.29 is 4.84 Å². The van der Waals surface area contributed by atoms with E-state index in [0.29, 0.717) is 0 Å². The van der Waals surface area contributed by atoms with Crippen LogP contribution in [0.4, 0.5) is 0 Å². The molecule has 1 aliphatic heterocycles. The highest BCUT2D eigenvalue weighted by atomic mass is 35.5. The van der Waals surface area contributed by atoms with Gasteiger partial charge in [0.15, 0.2) is 5.76 Å². The monoisotopic (exact) mass is 260 g/mol. The summed E-state index contributed by atoms with van der Waals surface area (Å²) in [5.41, 5.74) is 2.79. The third kappa shape index (κ3) is 3.24. The van der Waals surface area contributed by atoms with Crippen molar-refractivity contribution in [2.24, 2.45) is 0 Å². The molecular formula is C9H9ClN2OS2. The zero-order valence-corrected chi connectivity index (χ0v) is 10.1. The second-order valence-electron chi connectivity index (χ2n) is 2.85. The van der Waals surface area contributed by atoms with Gasteiger partial charge in [-0.3, -0.25) is 5.43 Å². The summed E-state index contributed by atoms with van der Waals surface area (Å²) in [6.07, 6.45) is 1.77. The Morgan fingerprint density at radius 1 is 1.40 bits per heavy atom. The van der Waals surface area contributed by atoms with Gasteiger partial charge in [0, 0.05) is 14.5 Å². The number of nitrogens with one attached hydrogen (secondary N) is 1. The Morgan fingerprint density at radius 2 is 2.13 bits per heavy atom. The van der Waals surface area contributed by atoms with E-state index in [1.165, 1.54) is 4.58 Å². The van der Waals surface area contributed by atoms with Crippen molar-refractivity contribution in [2.75, 3.05) is 5.75 Å². The van der Waals surface area contributed by atoms with Crippen molar-refractivity contribution in [2.45, 2.75) is 4.90 Å². The van der Waals surface area contributed by atoms with E-state index in [4.69, 9.17) is 16.4 Å². The number of hydrogen-bond donors (Lipinski definition) is 2. The molecule has 0 saturated heterocycles. The predicted octanol–water partition coefficient (Wildman–Crippen LogP) is 2.87. The first-order valence-corrected chi connectivity index (χ1v) is 6.01. The van der Waals surface area contributed by atoms with E-state index in [0.717, 1.165) is 21.4 Å². The first kappa shape index (κ1) is 11.0. The van der Waals surface area contributed by atoms with Gasteiger partial charge in [-0.25, -0.2) is 0 Å². The SMILES string of the molecule is SN1NC=C(CSc2ccc(Cl)cc2)O1. The summed E-state index contributed by atoms with van der Waals surface area (Å²) < 4.78 is 1.26. The van der Waals surface area contributed by atoms with Crippen molar-refractivity contribution in [1.82, 2.24) is 10.0 Å². The van der Waals surface area contributed by atoms with Crippen molar-refractivity contribution >= 4 is 36.2 Å². The van der Waals surface area contributed by atoms with Gasteiger partial charge in [-0.05, 0) is 37.1 Å². The van der Waals surface area contributed by atoms with Crippen LogP contribution in [0.1, 0.15) is 0 Å². The molecule has 0 aromatic heterocycles. The van der Waals surface area contributed by atoms with Crippen LogP contribution in [0.5, 0.6) is 0 Å². The molecule has 0 unspecified atom stereocenters. The molecular weight excluding hydrogens is 252 g/mol. The van der Waals surface area contributed by atoms with Crippen molar-refractivity contribution in [3.8, 4) is 0 Å². The Bertz CT molecular complexity index is 369. The van der Waals surface area contributed by atoms with E-state index in [9.17, 15) is 0 Å². The third-order valence-corrected chi connectivity index (χ3v) is 3.22. The lowest BCUT2D eigenvalue weighted by Crippen LogP contribution is -2.16. The van der Waals surface area contributed by atoms with Gasteiger partial charge in [-0.1, -0.05) is 11.6 Å². The Labute approximate surface area is 103 Å². The predicted molar refractivity (Wildman–Crippen MR) is 65.3 cm³/mol. The average molecular weight is 261 g/mol. The summed E-state index contributed by atoms with van der Waals surface area (Å²) in [5.74, 6) is 1.59. The van der Waals surface area contributed by atoms with Gasteiger partial charge in [0.1, 0.15) is 0 Å². The van der Waals surface area contributed by atoms with Crippen molar-refractivity contribution in [3.05, 3.63) is 41.2 Å². The molecule has 0 fully saturated rings. The first-order valence-electron chi connectivity index (χ1n) is 4.24. The minimum absolute atomic E-state index is 0.749. The minimum Gasteiger partial charge on any atom is -0.378 e. The second kappa shape index (κ2) is 5.03. The van der Waals surface area contributed by atoms with E-state index in [1.54, 1.807) is 18.0 Å². The number of thiol groups is 1.